The number of nitrogens with one attached hydrogen (secondary N) is 1. The second-order valence-corrected chi connectivity index (χ2v) is 7.76. The number of pyridine rings is 1. The Labute approximate surface area is 192 Å². The Morgan fingerprint density at radius 3 is 2.55 bits per heavy atom. The summed E-state index contributed by atoms with van der Waals surface area (Å²) in [4.78, 5) is 4.67. The van der Waals surface area contributed by atoms with E-state index in [-0.39, 0.29) is 0 Å². The smallest absolute Gasteiger partial charge is 0.174 e. The lowest BCUT2D eigenvalue weighted by Gasteiger charge is -2.07. The number of fused-ring (bicyclic) bond motifs is 1. The molecule has 0 saturated heterocycles. The van der Waals surface area contributed by atoms with Crippen molar-refractivity contribution in [2.24, 2.45) is 0 Å². The van der Waals surface area contributed by atoms with E-state index < -0.39 is 0 Å². The lowest BCUT2D eigenvalue weighted by Crippen LogP contribution is -1.98. The van der Waals surface area contributed by atoms with Crippen LogP contribution in [0.15, 0.2) is 84.9 Å². The molecule has 0 radical (unpaired) electrons. The van der Waals surface area contributed by atoms with Gasteiger partial charge in [0.25, 0.3) is 0 Å². The van der Waals surface area contributed by atoms with E-state index in [1.165, 1.54) is 5.56 Å². The minimum atomic E-state index is 0.434. The van der Waals surface area contributed by atoms with Crippen LogP contribution in [0.4, 0.5) is 0 Å². The predicted molar refractivity (Wildman–Crippen MR) is 129 cm³/mol. The van der Waals surface area contributed by atoms with E-state index in [4.69, 9.17) is 4.74 Å². The zero-order chi connectivity index (χ0) is 22.3. The zero-order valence-corrected chi connectivity index (χ0v) is 18.1. The molecule has 2 heterocycles. The number of tetrazole rings is 1. The van der Waals surface area contributed by atoms with Gasteiger partial charge in [0.1, 0.15) is 12.4 Å². The van der Waals surface area contributed by atoms with Crippen LogP contribution in [0.25, 0.3) is 23.1 Å². The summed E-state index contributed by atoms with van der Waals surface area (Å²) >= 11 is 0. The molecule has 162 valence electrons. The Morgan fingerprint density at radius 1 is 0.788 bits per heavy atom. The number of aromatic nitrogens is 5. The molecule has 5 aromatic rings. The summed E-state index contributed by atoms with van der Waals surface area (Å²) in [5, 5.41) is 15.2. The first kappa shape index (κ1) is 20.6. The van der Waals surface area contributed by atoms with Crippen LogP contribution in [0.3, 0.4) is 0 Å². The first-order valence-electron chi connectivity index (χ1n) is 10.9. The molecule has 0 bridgehead atoms. The maximum Gasteiger partial charge on any atom is 0.174 e. The summed E-state index contributed by atoms with van der Waals surface area (Å²) in [5.74, 6) is 1.56. The van der Waals surface area contributed by atoms with Gasteiger partial charge in [-0.25, -0.2) is 4.98 Å². The van der Waals surface area contributed by atoms with Crippen LogP contribution < -0.4 is 4.74 Å². The number of para-hydroxylation sites is 1. The van der Waals surface area contributed by atoms with E-state index in [1.807, 2.05) is 42.5 Å². The van der Waals surface area contributed by atoms with Crippen molar-refractivity contribution < 1.29 is 4.74 Å². The van der Waals surface area contributed by atoms with Gasteiger partial charge in [0, 0.05) is 11.8 Å². The van der Waals surface area contributed by atoms with Crippen LogP contribution in [0, 0.1) is 0 Å². The van der Waals surface area contributed by atoms with Crippen LogP contribution in [0.1, 0.15) is 28.2 Å². The third-order valence-electron chi connectivity index (χ3n) is 5.38. The number of aryl methyl sites for hydroxylation is 2. The first-order chi connectivity index (χ1) is 16.3. The minimum Gasteiger partial charge on any atom is -0.487 e. The molecule has 0 aliphatic heterocycles. The molecule has 2 aromatic heterocycles. The number of ether oxygens (including phenoxy) is 1. The van der Waals surface area contributed by atoms with Crippen LogP contribution in [0.5, 0.6) is 5.75 Å². The fourth-order valence-corrected chi connectivity index (χ4v) is 3.59. The van der Waals surface area contributed by atoms with Crippen molar-refractivity contribution in [3.8, 4) is 5.75 Å². The van der Waals surface area contributed by atoms with E-state index in [0.717, 1.165) is 52.1 Å². The zero-order valence-electron chi connectivity index (χ0n) is 18.1. The van der Waals surface area contributed by atoms with Gasteiger partial charge in [-0.3, -0.25) is 0 Å². The number of nitrogens with zero attached hydrogens (tertiary/aromatic N) is 4. The normalized spacial score (nSPS) is 11.3. The molecular formula is C27H23N5O. The topological polar surface area (TPSA) is 76.6 Å². The van der Waals surface area contributed by atoms with Gasteiger partial charge in [-0.05, 0) is 47.4 Å². The third-order valence-corrected chi connectivity index (χ3v) is 5.38. The van der Waals surface area contributed by atoms with Crippen LogP contribution >= 0.6 is 0 Å². The molecule has 0 amide bonds. The molecule has 0 saturated carbocycles. The van der Waals surface area contributed by atoms with Crippen molar-refractivity contribution in [2.75, 3.05) is 0 Å². The maximum atomic E-state index is 5.99. The van der Waals surface area contributed by atoms with Crippen LogP contribution in [-0.2, 0) is 19.4 Å². The molecule has 0 aliphatic carbocycles. The van der Waals surface area contributed by atoms with Gasteiger partial charge in [-0.1, -0.05) is 78.0 Å². The molecule has 0 aliphatic rings. The molecule has 0 spiro atoms. The fraction of sp³-hybridized carbons (Fsp3) is 0.111. The predicted octanol–water partition coefficient (Wildman–Crippen LogP) is 5.28. The molecular weight excluding hydrogens is 410 g/mol. The average molecular weight is 434 g/mol. The van der Waals surface area contributed by atoms with E-state index in [9.17, 15) is 0 Å². The highest BCUT2D eigenvalue weighted by molar-refractivity contribution is 5.78. The van der Waals surface area contributed by atoms with Gasteiger partial charge < -0.3 is 4.74 Å². The molecule has 3 aromatic carbocycles. The van der Waals surface area contributed by atoms with Crippen LogP contribution in [-0.4, -0.2) is 25.6 Å². The van der Waals surface area contributed by atoms with Crippen molar-refractivity contribution in [2.45, 2.75) is 19.4 Å². The summed E-state index contributed by atoms with van der Waals surface area (Å²) in [6.07, 6.45) is 5.85. The van der Waals surface area contributed by atoms with Crippen molar-refractivity contribution in [1.29, 1.82) is 0 Å². The lowest BCUT2D eigenvalue weighted by molar-refractivity contribution is 0.302. The van der Waals surface area contributed by atoms with Crippen molar-refractivity contribution in [1.82, 2.24) is 25.6 Å². The Morgan fingerprint density at radius 2 is 1.67 bits per heavy atom. The molecule has 1 N–H and O–H groups in total. The molecule has 6 heteroatoms. The molecule has 0 atom stereocenters. The SMILES string of the molecule is C(=Cc1cccc(OCc2ccc3ccccc3n2)c1)c1ccc(CCc2nn[nH]n2)cc1. The summed E-state index contributed by atoms with van der Waals surface area (Å²) in [6, 6.07) is 28.8. The lowest BCUT2D eigenvalue weighted by atomic mass is 10.1. The highest BCUT2D eigenvalue weighted by Crippen LogP contribution is 2.18. The Bertz CT molecular complexity index is 1360. The molecule has 0 unspecified atom stereocenters. The van der Waals surface area contributed by atoms with Gasteiger partial charge in [-0.15, -0.1) is 10.2 Å². The van der Waals surface area contributed by atoms with Crippen molar-refractivity contribution in [3.05, 3.63) is 113 Å². The van der Waals surface area contributed by atoms with Crippen molar-refractivity contribution in [3.63, 3.8) is 0 Å². The summed E-state index contributed by atoms with van der Waals surface area (Å²) in [6.45, 7) is 0.434. The molecule has 33 heavy (non-hydrogen) atoms. The van der Waals surface area contributed by atoms with Crippen molar-refractivity contribution >= 4 is 23.1 Å². The minimum absolute atomic E-state index is 0.434. The first-order valence-corrected chi connectivity index (χ1v) is 10.9. The average Bonchev–Trinajstić information content (AvgIpc) is 3.40. The second kappa shape index (κ2) is 9.87. The Kier molecular flexibility index (Phi) is 6.15. The van der Waals surface area contributed by atoms with E-state index >= 15 is 0 Å². The monoisotopic (exact) mass is 433 g/mol. The number of rotatable bonds is 8. The van der Waals surface area contributed by atoms with E-state index in [1.54, 1.807) is 0 Å². The fourth-order valence-electron chi connectivity index (χ4n) is 3.59. The molecule has 5 rings (SSSR count). The quantitative estimate of drug-likeness (QED) is 0.337. The van der Waals surface area contributed by atoms with Crippen LogP contribution in [0.2, 0.25) is 0 Å². The van der Waals surface area contributed by atoms with E-state index in [0.29, 0.717) is 6.61 Å². The number of benzene rings is 3. The Balaban J connectivity index is 1.18. The van der Waals surface area contributed by atoms with Gasteiger partial charge in [0.05, 0.1) is 11.2 Å². The van der Waals surface area contributed by atoms with Gasteiger partial charge in [0.2, 0.25) is 0 Å². The number of hydrogen-bond acceptors (Lipinski definition) is 5. The third kappa shape index (κ3) is 5.49. The highest BCUT2D eigenvalue weighted by atomic mass is 16.5. The van der Waals surface area contributed by atoms with Gasteiger partial charge in [0.15, 0.2) is 5.82 Å². The summed E-state index contributed by atoms with van der Waals surface area (Å²) in [5.41, 5.74) is 5.37. The molecule has 6 nitrogen and oxygen atoms in total. The number of hydrogen-bond donors (Lipinski definition) is 1. The largest absolute Gasteiger partial charge is 0.487 e. The number of aromatic amines is 1. The highest BCUT2D eigenvalue weighted by Gasteiger charge is 2.02. The maximum absolute atomic E-state index is 5.99. The van der Waals surface area contributed by atoms with Gasteiger partial charge in [-0.2, -0.15) is 5.21 Å². The number of H-pyrrole nitrogens is 1. The summed E-state index contributed by atoms with van der Waals surface area (Å²) < 4.78 is 5.99. The van der Waals surface area contributed by atoms with E-state index in [2.05, 4.69) is 80.2 Å². The molecule has 0 fully saturated rings. The Hall–Kier alpha value is -4.32. The standard InChI is InChI=1S/C27H23N5O/c1-2-7-26-23(5-1)15-16-24(28-26)19-33-25-6-3-4-22(18-25)13-12-20-8-10-21(11-9-20)14-17-27-29-31-32-30-27/h1-13,15-16,18H,14,17,19H2,(H,29,30,31,32). The second-order valence-electron chi connectivity index (χ2n) is 7.76. The van der Waals surface area contributed by atoms with Gasteiger partial charge >= 0.3 is 0 Å². The summed E-state index contributed by atoms with van der Waals surface area (Å²) in [7, 11) is 0.